The Labute approximate surface area is 123 Å². The fourth-order valence-electron chi connectivity index (χ4n) is 2.36. The van der Waals surface area contributed by atoms with Gasteiger partial charge in [-0.25, -0.2) is 0 Å². The summed E-state index contributed by atoms with van der Waals surface area (Å²) in [6.07, 6.45) is 5.07. The van der Waals surface area contributed by atoms with Gasteiger partial charge < -0.3 is 15.1 Å². The molecule has 0 atom stereocenters. The monoisotopic (exact) mass is 282 g/mol. The van der Waals surface area contributed by atoms with Gasteiger partial charge in [0.1, 0.15) is 0 Å². The first kappa shape index (κ1) is 16.8. The normalized spacial score (nSPS) is 15.8. The van der Waals surface area contributed by atoms with Crippen LogP contribution in [0.1, 0.15) is 46.0 Å². The Bertz CT molecular complexity index is 317. The van der Waals surface area contributed by atoms with E-state index in [1.165, 1.54) is 12.8 Å². The fourth-order valence-corrected chi connectivity index (χ4v) is 2.36. The van der Waals surface area contributed by atoms with E-state index in [0.717, 1.165) is 57.9 Å². The smallest absolute Gasteiger partial charge is 0.222 e. The van der Waals surface area contributed by atoms with E-state index in [4.69, 9.17) is 0 Å². The molecule has 116 valence electrons. The quantitative estimate of drug-likeness (QED) is 0.419. The van der Waals surface area contributed by atoms with Crippen LogP contribution in [0.4, 0.5) is 0 Å². The van der Waals surface area contributed by atoms with Gasteiger partial charge in [-0.15, -0.1) is 0 Å². The number of unbranched alkanes of at least 4 members (excludes halogenated alkanes) is 1. The van der Waals surface area contributed by atoms with E-state index in [2.05, 4.69) is 36.1 Å². The maximum absolute atomic E-state index is 11.5. The minimum atomic E-state index is 0.306. The number of rotatable bonds is 8. The van der Waals surface area contributed by atoms with Gasteiger partial charge >= 0.3 is 0 Å². The summed E-state index contributed by atoms with van der Waals surface area (Å²) in [6, 6.07) is 0. The number of nitrogens with one attached hydrogen (secondary N) is 1. The summed E-state index contributed by atoms with van der Waals surface area (Å²) >= 11 is 0. The second kappa shape index (κ2) is 9.61. The molecule has 0 aromatic rings. The minimum absolute atomic E-state index is 0.306. The Morgan fingerprint density at radius 2 is 2.20 bits per heavy atom. The molecule has 0 aromatic carbocycles. The lowest BCUT2D eigenvalue weighted by molar-refractivity contribution is -0.127. The predicted octanol–water partition coefficient (Wildman–Crippen LogP) is 1.70. The first-order chi connectivity index (χ1) is 9.69. The van der Waals surface area contributed by atoms with Crippen molar-refractivity contribution in [2.75, 3.05) is 39.8 Å². The Hall–Kier alpha value is -1.26. The SMILES string of the molecule is CCCCN(C)C(=NCCCN1CCCC1=O)NCC. The van der Waals surface area contributed by atoms with Gasteiger partial charge in [-0.3, -0.25) is 9.79 Å². The molecule has 1 aliphatic rings. The molecule has 1 fully saturated rings. The number of carbonyl (C=O) groups excluding carboxylic acids is 1. The first-order valence-electron chi connectivity index (χ1n) is 7.96. The highest BCUT2D eigenvalue weighted by molar-refractivity contribution is 5.79. The molecule has 0 unspecified atom stereocenters. The number of likely N-dealkylation sites (tertiary alicyclic amines) is 1. The van der Waals surface area contributed by atoms with Crippen molar-refractivity contribution < 1.29 is 4.79 Å². The van der Waals surface area contributed by atoms with Crippen LogP contribution in [0.2, 0.25) is 0 Å². The first-order valence-corrected chi connectivity index (χ1v) is 7.96. The summed E-state index contributed by atoms with van der Waals surface area (Å²) in [5.74, 6) is 1.29. The predicted molar refractivity (Wildman–Crippen MR) is 83.9 cm³/mol. The highest BCUT2D eigenvalue weighted by atomic mass is 16.2. The second-order valence-corrected chi connectivity index (χ2v) is 5.35. The Morgan fingerprint density at radius 1 is 1.40 bits per heavy atom. The van der Waals surface area contributed by atoms with Crippen LogP contribution in [0.3, 0.4) is 0 Å². The molecule has 1 amide bonds. The number of nitrogens with zero attached hydrogens (tertiary/aromatic N) is 3. The van der Waals surface area contributed by atoms with Gasteiger partial charge in [0, 0.05) is 46.2 Å². The molecule has 1 heterocycles. The second-order valence-electron chi connectivity index (χ2n) is 5.35. The van der Waals surface area contributed by atoms with E-state index in [1.54, 1.807) is 0 Å². The zero-order valence-corrected chi connectivity index (χ0v) is 13.3. The molecule has 0 aliphatic carbocycles. The van der Waals surface area contributed by atoms with Crippen molar-refractivity contribution >= 4 is 11.9 Å². The molecule has 1 N–H and O–H groups in total. The number of carbonyl (C=O) groups is 1. The fraction of sp³-hybridized carbons (Fsp3) is 0.867. The summed E-state index contributed by atoms with van der Waals surface area (Å²) < 4.78 is 0. The van der Waals surface area contributed by atoms with Gasteiger partial charge in [-0.2, -0.15) is 0 Å². The average Bonchev–Trinajstić information content (AvgIpc) is 2.85. The van der Waals surface area contributed by atoms with Gasteiger partial charge in [0.25, 0.3) is 0 Å². The van der Waals surface area contributed by atoms with Gasteiger partial charge in [0.05, 0.1) is 0 Å². The molecule has 0 saturated carbocycles. The third-order valence-electron chi connectivity index (χ3n) is 3.56. The topological polar surface area (TPSA) is 47.9 Å². The van der Waals surface area contributed by atoms with Crippen LogP contribution in [0.15, 0.2) is 4.99 Å². The molecular weight excluding hydrogens is 252 g/mol. The maximum Gasteiger partial charge on any atom is 0.222 e. The highest BCUT2D eigenvalue weighted by Gasteiger charge is 2.18. The standard InChI is InChI=1S/C15H30N4O/c1-4-6-11-18(3)15(16-5-2)17-10-8-13-19-12-7-9-14(19)20/h4-13H2,1-3H3,(H,16,17). The van der Waals surface area contributed by atoms with E-state index in [1.807, 2.05) is 4.90 Å². The van der Waals surface area contributed by atoms with E-state index in [0.29, 0.717) is 5.91 Å². The van der Waals surface area contributed by atoms with Gasteiger partial charge in [-0.1, -0.05) is 13.3 Å². The molecule has 0 aromatic heterocycles. The average molecular weight is 282 g/mol. The summed E-state index contributed by atoms with van der Waals surface area (Å²) in [4.78, 5) is 20.3. The van der Waals surface area contributed by atoms with Crippen molar-refractivity contribution in [3.63, 3.8) is 0 Å². The van der Waals surface area contributed by atoms with Crippen molar-refractivity contribution in [2.45, 2.75) is 46.0 Å². The van der Waals surface area contributed by atoms with Crippen LogP contribution >= 0.6 is 0 Å². The Kier molecular flexibility index (Phi) is 8.07. The largest absolute Gasteiger partial charge is 0.357 e. The zero-order valence-electron chi connectivity index (χ0n) is 13.3. The van der Waals surface area contributed by atoms with Crippen LogP contribution in [0, 0.1) is 0 Å². The van der Waals surface area contributed by atoms with Crippen molar-refractivity contribution in [1.29, 1.82) is 0 Å². The molecule has 20 heavy (non-hydrogen) atoms. The molecule has 1 saturated heterocycles. The minimum Gasteiger partial charge on any atom is -0.357 e. The zero-order chi connectivity index (χ0) is 14.8. The summed E-state index contributed by atoms with van der Waals surface area (Å²) in [6.45, 7) is 8.77. The molecule has 5 nitrogen and oxygen atoms in total. The lowest BCUT2D eigenvalue weighted by Crippen LogP contribution is -2.39. The lowest BCUT2D eigenvalue weighted by Gasteiger charge is -2.22. The number of guanidine groups is 1. The molecule has 1 aliphatic heterocycles. The Morgan fingerprint density at radius 3 is 2.80 bits per heavy atom. The molecule has 0 radical (unpaired) electrons. The summed E-state index contributed by atoms with van der Waals surface area (Å²) in [5, 5.41) is 3.32. The van der Waals surface area contributed by atoms with Gasteiger partial charge in [0.2, 0.25) is 5.91 Å². The number of amides is 1. The van der Waals surface area contributed by atoms with Gasteiger partial charge in [0.15, 0.2) is 5.96 Å². The van der Waals surface area contributed by atoms with E-state index < -0.39 is 0 Å². The van der Waals surface area contributed by atoms with Crippen molar-refractivity contribution in [1.82, 2.24) is 15.1 Å². The van der Waals surface area contributed by atoms with Crippen molar-refractivity contribution in [3.05, 3.63) is 0 Å². The van der Waals surface area contributed by atoms with Crippen molar-refractivity contribution in [2.24, 2.45) is 4.99 Å². The third-order valence-corrected chi connectivity index (χ3v) is 3.56. The number of aliphatic imine (C=N–C) groups is 1. The molecular formula is C15H30N4O. The maximum atomic E-state index is 11.5. The Balaban J connectivity index is 2.32. The van der Waals surface area contributed by atoms with Crippen LogP contribution < -0.4 is 5.32 Å². The van der Waals surface area contributed by atoms with E-state index >= 15 is 0 Å². The third kappa shape index (κ3) is 5.80. The molecule has 5 heteroatoms. The number of hydrogen-bond acceptors (Lipinski definition) is 2. The lowest BCUT2D eigenvalue weighted by atomic mass is 10.3. The summed E-state index contributed by atoms with van der Waals surface area (Å²) in [5.41, 5.74) is 0. The summed E-state index contributed by atoms with van der Waals surface area (Å²) in [7, 11) is 2.08. The van der Waals surface area contributed by atoms with Crippen LogP contribution in [0.25, 0.3) is 0 Å². The number of hydrogen-bond donors (Lipinski definition) is 1. The van der Waals surface area contributed by atoms with Gasteiger partial charge in [-0.05, 0) is 26.2 Å². The van der Waals surface area contributed by atoms with Crippen molar-refractivity contribution in [3.8, 4) is 0 Å². The molecule has 0 bridgehead atoms. The van der Waals surface area contributed by atoms with Crippen LogP contribution in [-0.4, -0.2) is 61.4 Å². The molecule has 0 spiro atoms. The van der Waals surface area contributed by atoms with Crippen LogP contribution in [-0.2, 0) is 4.79 Å². The highest BCUT2D eigenvalue weighted by Crippen LogP contribution is 2.09. The molecule has 1 rings (SSSR count). The van der Waals surface area contributed by atoms with Crippen LogP contribution in [0.5, 0.6) is 0 Å². The van der Waals surface area contributed by atoms with E-state index in [-0.39, 0.29) is 0 Å². The van der Waals surface area contributed by atoms with E-state index in [9.17, 15) is 4.79 Å².